The maximum absolute atomic E-state index is 15.2. The van der Waals surface area contributed by atoms with Crippen molar-refractivity contribution in [2.75, 3.05) is 18.9 Å². The van der Waals surface area contributed by atoms with Crippen LogP contribution in [0.3, 0.4) is 0 Å². The normalized spacial score (nSPS) is 11.7. The minimum Gasteiger partial charge on any atom is -0.511 e. The van der Waals surface area contributed by atoms with E-state index in [0.717, 1.165) is 35.9 Å². The molecule has 0 spiro atoms. The number of aliphatic hydroxyl groups is 1. The number of ether oxygens (including phenoxy) is 1. The largest absolute Gasteiger partial charge is 0.511 e. The Morgan fingerprint density at radius 3 is 2.22 bits per heavy atom. The van der Waals surface area contributed by atoms with Crippen molar-refractivity contribution >= 4 is 11.4 Å². The molecule has 0 saturated heterocycles. The number of aromatic nitrogens is 1. The SMILES string of the molecule is C=C(c1ccc(F)cc1F)c1ccc(=O)n(-c2c(F)cc(OCCCN[C@@H](C(=C)O)c3ccccc3)cc2F)c1N. The van der Waals surface area contributed by atoms with Gasteiger partial charge in [0, 0.05) is 35.4 Å². The van der Waals surface area contributed by atoms with Gasteiger partial charge in [-0.05, 0) is 42.3 Å². The van der Waals surface area contributed by atoms with Crippen LogP contribution in [0.4, 0.5) is 23.4 Å². The van der Waals surface area contributed by atoms with Gasteiger partial charge in [-0.3, -0.25) is 9.36 Å². The van der Waals surface area contributed by atoms with Crippen LogP contribution in [0.15, 0.2) is 96.5 Å². The number of pyridine rings is 1. The van der Waals surface area contributed by atoms with E-state index >= 15 is 8.78 Å². The Bertz CT molecular complexity index is 1630. The van der Waals surface area contributed by atoms with Crippen LogP contribution < -0.4 is 21.3 Å². The summed E-state index contributed by atoms with van der Waals surface area (Å²) in [6, 6.07) is 15.6. The number of nitrogen functional groups attached to an aromatic ring is 1. The number of hydrogen-bond acceptors (Lipinski definition) is 5. The van der Waals surface area contributed by atoms with E-state index < -0.39 is 40.6 Å². The van der Waals surface area contributed by atoms with Gasteiger partial charge < -0.3 is 20.9 Å². The number of hydrogen-bond donors (Lipinski definition) is 3. The molecule has 10 heteroatoms. The zero-order valence-electron chi connectivity index (χ0n) is 21.8. The third kappa shape index (κ3) is 6.50. The Hall–Kier alpha value is -4.83. The molecule has 6 nitrogen and oxygen atoms in total. The van der Waals surface area contributed by atoms with Gasteiger partial charge in [0.2, 0.25) is 0 Å². The van der Waals surface area contributed by atoms with Crippen LogP contribution >= 0.6 is 0 Å². The molecule has 212 valence electrons. The Balaban J connectivity index is 1.49. The first-order valence-corrected chi connectivity index (χ1v) is 12.5. The van der Waals surface area contributed by atoms with Crippen LogP contribution in [0.2, 0.25) is 0 Å². The third-order valence-corrected chi connectivity index (χ3v) is 6.33. The van der Waals surface area contributed by atoms with Crippen LogP contribution in [-0.4, -0.2) is 22.8 Å². The molecule has 0 bridgehead atoms. The van der Waals surface area contributed by atoms with Gasteiger partial charge in [0.15, 0.2) is 11.6 Å². The average Bonchev–Trinajstić information content (AvgIpc) is 2.92. The van der Waals surface area contributed by atoms with Gasteiger partial charge in [0.1, 0.15) is 34.6 Å². The summed E-state index contributed by atoms with van der Waals surface area (Å²) in [5.41, 5.74) is 5.28. The number of nitrogens with two attached hydrogens (primary N) is 1. The molecule has 3 aromatic carbocycles. The summed E-state index contributed by atoms with van der Waals surface area (Å²) in [5.74, 6) is -4.52. The topological polar surface area (TPSA) is 89.5 Å². The Kier molecular flexibility index (Phi) is 8.94. The molecule has 0 aliphatic carbocycles. The number of anilines is 1. The van der Waals surface area contributed by atoms with E-state index in [4.69, 9.17) is 10.5 Å². The van der Waals surface area contributed by atoms with Crippen molar-refractivity contribution in [3.63, 3.8) is 0 Å². The molecule has 0 aliphatic rings. The molecule has 0 unspecified atom stereocenters. The average molecular weight is 566 g/mol. The molecular formula is C31H27F4N3O3. The van der Waals surface area contributed by atoms with Gasteiger partial charge in [-0.2, -0.15) is 0 Å². The fraction of sp³-hybridized carbons (Fsp3) is 0.129. The lowest BCUT2D eigenvalue weighted by molar-refractivity contribution is 0.295. The Morgan fingerprint density at radius 1 is 0.927 bits per heavy atom. The second-order valence-electron chi connectivity index (χ2n) is 9.14. The highest BCUT2D eigenvalue weighted by molar-refractivity contribution is 5.83. The van der Waals surface area contributed by atoms with Crippen molar-refractivity contribution in [3.8, 4) is 11.4 Å². The zero-order valence-corrected chi connectivity index (χ0v) is 21.8. The summed E-state index contributed by atoms with van der Waals surface area (Å²) >= 11 is 0. The van der Waals surface area contributed by atoms with E-state index in [9.17, 15) is 18.7 Å². The van der Waals surface area contributed by atoms with Crippen LogP contribution in [0.25, 0.3) is 11.3 Å². The molecule has 1 atom stereocenters. The highest BCUT2D eigenvalue weighted by Crippen LogP contribution is 2.31. The van der Waals surface area contributed by atoms with Gasteiger partial charge in [-0.25, -0.2) is 17.6 Å². The smallest absolute Gasteiger partial charge is 0.256 e. The standard InChI is InChI=1S/C31H27F4N3O3/c1-18(23-10-9-21(32)15-25(23)33)24-11-12-28(40)38(31(24)36)30-26(34)16-22(17-27(30)35)41-14-6-13-37-29(19(2)39)20-7-4-3-5-8-20/h3-5,7-12,15-17,29,37,39H,1-2,6,13-14,36H2/t29-/m0/s1. The van der Waals surface area contributed by atoms with Crippen LogP contribution in [-0.2, 0) is 0 Å². The lowest BCUT2D eigenvalue weighted by Gasteiger charge is -2.18. The van der Waals surface area contributed by atoms with E-state index in [1.54, 1.807) is 0 Å². The lowest BCUT2D eigenvalue weighted by Crippen LogP contribution is -2.25. The van der Waals surface area contributed by atoms with E-state index in [-0.39, 0.29) is 40.6 Å². The molecule has 1 aromatic heterocycles. The van der Waals surface area contributed by atoms with E-state index in [1.807, 2.05) is 30.3 Å². The van der Waals surface area contributed by atoms with Crippen LogP contribution in [0, 0.1) is 23.3 Å². The molecule has 0 saturated carbocycles. The van der Waals surface area contributed by atoms with Gasteiger partial charge in [-0.1, -0.05) is 43.5 Å². The minimum absolute atomic E-state index is 0.0117. The van der Waals surface area contributed by atoms with E-state index in [2.05, 4.69) is 18.5 Å². The number of nitrogens with one attached hydrogen (secondary N) is 1. The molecule has 0 fully saturated rings. The molecular weight excluding hydrogens is 538 g/mol. The van der Waals surface area contributed by atoms with Gasteiger partial charge in [0.25, 0.3) is 5.56 Å². The molecule has 41 heavy (non-hydrogen) atoms. The predicted molar refractivity (Wildman–Crippen MR) is 150 cm³/mol. The summed E-state index contributed by atoms with van der Waals surface area (Å²) in [7, 11) is 0. The minimum atomic E-state index is -1.12. The Labute approximate surface area is 233 Å². The fourth-order valence-electron chi connectivity index (χ4n) is 4.34. The maximum atomic E-state index is 15.2. The molecule has 0 radical (unpaired) electrons. The third-order valence-electron chi connectivity index (χ3n) is 6.33. The molecule has 4 aromatic rings. The lowest BCUT2D eigenvalue weighted by atomic mass is 9.99. The van der Waals surface area contributed by atoms with Crippen LogP contribution in [0.5, 0.6) is 5.75 Å². The number of benzene rings is 3. The van der Waals surface area contributed by atoms with Gasteiger partial charge in [0.05, 0.1) is 12.6 Å². The molecule has 0 aliphatic heterocycles. The second-order valence-corrected chi connectivity index (χ2v) is 9.14. The Morgan fingerprint density at radius 2 is 1.59 bits per heavy atom. The van der Waals surface area contributed by atoms with Crippen molar-refractivity contribution in [2.24, 2.45) is 0 Å². The van der Waals surface area contributed by atoms with Gasteiger partial charge in [-0.15, -0.1) is 0 Å². The number of rotatable bonds is 11. The van der Waals surface area contributed by atoms with Crippen molar-refractivity contribution < 1.29 is 27.4 Å². The quantitative estimate of drug-likeness (QED) is 0.114. The maximum Gasteiger partial charge on any atom is 0.256 e. The first kappa shape index (κ1) is 29.2. The predicted octanol–water partition coefficient (Wildman–Crippen LogP) is 6.21. The monoisotopic (exact) mass is 565 g/mol. The zero-order chi connectivity index (χ0) is 29.7. The summed E-state index contributed by atoms with van der Waals surface area (Å²) in [5, 5.41) is 13.0. The van der Waals surface area contributed by atoms with Crippen LogP contribution in [0.1, 0.15) is 29.2 Å². The molecule has 1 heterocycles. The molecule has 4 rings (SSSR count). The van der Waals surface area contributed by atoms with Crippen molar-refractivity contribution in [1.29, 1.82) is 0 Å². The van der Waals surface area contributed by atoms with E-state index in [0.29, 0.717) is 23.6 Å². The first-order chi connectivity index (χ1) is 19.6. The van der Waals surface area contributed by atoms with Crippen molar-refractivity contribution in [1.82, 2.24) is 9.88 Å². The van der Waals surface area contributed by atoms with E-state index in [1.165, 1.54) is 6.07 Å². The summed E-state index contributed by atoms with van der Waals surface area (Å²) < 4.78 is 64.1. The molecule has 4 N–H and O–H groups in total. The summed E-state index contributed by atoms with van der Waals surface area (Å²) in [6.07, 6.45) is 0.429. The second kappa shape index (κ2) is 12.6. The number of nitrogens with zero attached hydrogens (tertiary/aromatic N) is 1. The number of halogens is 4. The molecule has 0 amide bonds. The highest BCUT2D eigenvalue weighted by atomic mass is 19.1. The van der Waals surface area contributed by atoms with Gasteiger partial charge >= 0.3 is 0 Å². The number of aliphatic hydroxyl groups excluding tert-OH is 1. The van der Waals surface area contributed by atoms with Crippen molar-refractivity contribution in [3.05, 3.63) is 142 Å². The highest BCUT2D eigenvalue weighted by Gasteiger charge is 2.21. The van der Waals surface area contributed by atoms with Crippen molar-refractivity contribution in [2.45, 2.75) is 12.5 Å². The first-order valence-electron chi connectivity index (χ1n) is 12.5. The summed E-state index contributed by atoms with van der Waals surface area (Å²) in [4.78, 5) is 12.6. The fourth-order valence-corrected chi connectivity index (χ4v) is 4.34. The summed E-state index contributed by atoms with van der Waals surface area (Å²) in [6.45, 7) is 7.85.